The van der Waals surface area contributed by atoms with E-state index >= 15 is 0 Å². The molecule has 4 heteroatoms. The van der Waals surface area contributed by atoms with Crippen molar-refractivity contribution in [1.29, 1.82) is 5.26 Å². The number of benzene rings is 1. The Balaban J connectivity index is 2.24. The number of nitriles is 1. The van der Waals surface area contributed by atoms with Gasteiger partial charge in [0.2, 0.25) is 0 Å². The number of hydrogen-bond donors (Lipinski definition) is 0. The maximum atomic E-state index is 12.2. The lowest BCUT2D eigenvalue weighted by molar-refractivity contribution is 0.0236. The number of hydrogen-bond acceptors (Lipinski definition) is 3. The van der Waals surface area contributed by atoms with E-state index in [0.717, 1.165) is 24.0 Å². The Morgan fingerprint density at radius 1 is 1.40 bits per heavy atom. The van der Waals surface area contributed by atoms with Crippen LogP contribution in [0.25, 0.3) is 0 Å². The summed E-state index contributed by atoms with van der Waals surface area (Å²) >= 11 is 0. The lowest BCUT2D eigenvalue weighted by Crippen LogP contribution is -2.36. The van der Waals surface area contributed by atoms with Crippen LogP contribution in [0.5, 0.6) is 0 Å². The fourth-order valence-electron chi connectivity index (χ4n) is 2.37. The Morgan fingerprint density at radius 2 is 2.15 bits per heavy atom. The van der Waals surface area contributed by atoms with E-state index in [-0.39, 0.29) is 6.09 Å². The van der Waals surface area contributed by atoms with E-state index in [2.05, 4.69) is 6.07 Å². The summed E-state index contributed by atoms with van der Waals surface area (Å²) in [7, 11) is 0. The van der Waals surface area contributed by atoms with Gasteiger partial charge >= 0.3 is 6.09 Å². The molecular formula is C16H20N2O2. The average molecular weight is 272 g/mol. The van der Waals surface area contributed by atoms with Gasteiger partial charge in [0, 0.05) is 6.54 Å². The highest BCUT2D eigenvalue weighted by Gasteiger charge is 2.25. The minimum absolute atomic E-state index is 0.307. The Labute approximate surface area is 120 Å². The zero-order valence-corrected chi connectivity index (χ0v) is 12.3. The molecule has 0 fully saturated rings. The zero-order valence-electron chi connectivity index (χ0n) is 12.3. The molecule has 0 aromatic heterocycles. The van der Waals surface area contributed by atoms with Crippen molar-refractivity contribution in [2.75, 3.05) is 6.54 Å². The molecule has 0 atom stereocenters. The van der Waals surface area contributed by atoms with Crippen molar-refractivity contribution in [3.63, 3.8) is 0 Å². The summed E-state index contributed by atoms with van der Waals surface area (Å²) in [5.41, 5.74) is 2.27. The number of nitrogens with zero attached hydrogens (tertiary/aromatic N) is 2. The molecule has 0 spiro atoms. The molecule has 0 unspecified atom stereocenters. The van der Waals surface area contributed by atoms with E-state index in [0.29, 0.717) is 18.7 Å². The first-order chi connectivity index (χ1) is 9.40. The van der Waals surface area contributed by atoms with E-state index in [1.165, 1.54) is 0 Å². The van der Waals surface area contributed by atoms with Crippen molar-refractivity contribution < 1.29 is 9.53 Å². The Kier molecular flexibility index (Phi) is 3.99. The molecule has 106 valence electrons. The van der Waals surface area contributed by atoms with Crippen molar-refractivity contribution in [2.45, 2.75) is 45.8 Å². The number of ether oxygens (including phenoxy) is 1. The molecule has 0 aliphatic carbocycles. The summed E-state index contributed by atoms with van der Waals surface area (Å²) in [5.74, 6) is 0. The predicted molar refractivity (Wildman–Crippen MR) is 76.1 cm³/mol. The largest absolute Gasteiger partial charge is 0.444 e. The number of fused-ring (bicyclic) bond motifs is 1. The first kappa shape index (κ1) is 14.4. The van der Waals surface area contributed by atoms with E-state index < -0.39 is 5.60 Å². The summed E-state index contributed by atoms with van der Waals surface area (Å²) in [6.45, 7) is 6.69. The Morgan fingerprint density at radius 3 is 2.80 bits per heavy atom. The Hall–Kier alpha value is -2.02. The number of amides is 1. The van der Waals surface area contributed by atoms with E-state index in [4.69, 9.17) is 4.74 Å². The van der Waals surface area contributed by atoms with Crippen molar-refractivity contribution in [3.05, 3.63) is 34.9 Å². The van der Waals surface area contributed by atoms with Crippen LogP contribution in [0, 0.1) is 11.3 Å². The van der Waals surface area contributed by atoms with Crippen LogP contribution in [-0.4, -0.2) is 23.1 Å². The molecule has 1 amide bonds. The molecule has 2 rings (SSSR count). The third-order valence-corrected chi connectivity index (χ3v) is 3.27. The molecule has 1 aliphatic rings. The normalized spacial score (nSPS) is 15.0. The van der Waals surface area contributed by atoms with Crippen LogP contribution in [0.4, 0.5) is 4.79 Å². The Bertz CT molecular complexity index is 553. The fourth-order valence-corrected chi connectivity index (χ4v) is 2.37. The van der Waals surface area contributed by atoms with Crippen LogP contribution in [0.3, 0.4) is 0 Å². The topological polar surface area (TPSA) is 53.3 Å². The summed E-state index contributed by atoms with van der Waals surface area (Å²) in [5, 5.41) is 9.21. The van der Waals surface area contributed by atoms with Gasteiger partial charge in [-0.1, -0.05) is 12.1 Å². The summed E-state index contributed by atoms with van der Waals surface area (Å²) < 4.78 is 5.43. The van der Waals surface area contributed by atoms with Crippen LogP contribution in [-0.2, 0) is 17.7 Å². The third-order valence-electron chi connectivity index (χ3n) is 3.27. The van der Waals surface area contributed by atoms with Crippen LogP contribution in [0.1, 0.15) is 43.9 Å². The van der Waals surface area contributed by atoms with Gasteiger partial charge in [-0.3, -0.25) is 0 Å². The number of carbonyl (C=O) groups is 1. The van der Waals surface area contributed by atoms with Crippen molar-refractivity contribution in [2.24, 2.45) is 0 Å². The lowest BCUT2D eigenvalue weighted by atomic mass is 9.99. The quantitative estimate of drug-likeness (QED) is 0.728. The van der Waals surface area contributed by atoms with Crippen LogP contribution in [0.15, 0.2) is 18.2 Å². The number of carbonyl (C=O) groups excluding carboxylic acids is 1. The van der Waals surface area contributed by atoms with Gasteiger partial charge in [0.05, 0.1) is 18.2 Å². The van der Waals surface area contributed by atoms with Crippen LogP contribution in [0.2, 0.25) is 0 Å². The maximum absolute atomic E-state index is 12.2. The van der Waals surface area contributed by atoms with Gasteiger partial charge in [0.1, 0.15) is 5.60 Å². The highest BCUT2D eigenvalue weighted by molar-refractivity contribution is 5.68. The van der Waals surface area contributed by atoms with Gasteiger partial charge in [0.25, 0.3) is 0 Å². The van der Waals surface area contributed by atoms with Crippen molar-refractivity contribution in [3.8, 4) is 6.07 Å². The molecule has 0 N–H and O–H groups in total. The first-order valence-corrected chi connectivity index (χ1v) is 6.89. The summed E-state index contributed by atoms with van der Waals surface area (Å²) in [6, 6.07) is 7.95. The number of rotatable bonds is 0. The summed E-state index contributed by atoms with van der Waals surface area (Å²) in [4.78, 5) is 13.9. The van der Waals surface area contributed by atoms with Crippen LogP contribution < -0.4 is 0 Å². The molecule has 0 saturated carbocycles. The van der Waals surface area contributed by atoms with Crippen molar-refractivity contribution in [1.82, 2.24) is 4.90 Å². The highest BCUT2D eigenvalue weighted by atomic mass is 16.6. The molecular weight excluding hydrogens is 252 g/mol. The van der Waals surface area contributed by atoms with E-state index in [1.807, 2.05) is 32.9 Å². The van der Waals surface area contributed by atoms with Gasteiger partial charge in [-0.2, -0.15) is 5.26 Å². The second-order valence-electron chi connectivity index (χ2n) is 6.06. The van der Waals surface area contributed by atoms with E-state index in [9.17, 15) is 10.1 Å². The van der Waals surface area contributed by atoms with Gasteiger partial charge in [-0.15, -0.1) is 0 Å². The molecule has 4 nitrogen and oxygen atoms in total. The first-order valence-electron chi connectivity index (χ1n) is 6.89. The molecule has 1 aliphatic heterocycles. The predicted octanol–water partition coefficient (Wildman–Crippen LogP) is 3.24. The van der Waals surface area contributed by atoms with Gasteiger partial charge < -0.3 is 9.64 Å². The molecule has 1 aromatic rings. The molecule has 20 heavy (non-hydrogen) atoms. The monoisotopic (exact) mass is 272 g/mol. The minimum atomic E-state index is -0.499. The second kappa shape index (κ2) is 5.54. The fraction of sp³-hybridized carbons (Fsp3) is 0.500. The third kappa shape index (κ3) is 3.30. The number of aryl methyl sites for hydroxylation is 1. The van der Waals surface area contributed by atoms with E-state index in [1.54, 1.807) is 11.0 Å². The highest BCUT2D eigenvalue weighted by Crippen LogP contribution is 2.23. The maximum Gasteiger partial charge on any atom is 0.410 e. The molecule has 1 aromatic carbocycles. The molecule has 0 bridgehead atoms. The minimum Gasteiger partial charge on any atom is -0.444 e. The SMILES string of the molecule is CC(C)(C)OC(=O)N1CCCc2cccc(C#N)c2C1. The molecule has 0 radical (unpaired) electrons. The van der Waals surface area contributed by atoms with Crippen LogP contribution >= 0.6 is 0 Å². The van der Waals surface area contributed by atoms with Gasteiger partial charge in [-0.25, -0.2) is 4.79 Å². The van der Waals surface area contributed by atoms with Gasteiger partial charge in [-0.05, 0) is 50.8 Å². The zero-order chi connectivity index (χ0) is 14.8. The lowest BCUT2D eigenvalue weighted by Gasteiger charge is -2.26. The van der Waals surface area contributed by atoms with Crippen molar-refractivity contribution >= 4 is 6.09 Å². The average Bonchev–Trinajstić information content (AvgIpc) is 2.58. The smallest absolute Gasteiger partial charge is 0.410 e. The molecule has 1 heterocycles. The summed E-state index contributed by atoms with van der Waals surface area (Å²) in [6.07, 6.45) is 1.48. The standard InChI is InChI=1S/C16H20N2O2/c1-16(2,3)20-15(19)18-9-5-8-12-6-4-7-13(10-17)14(12)11-18/h4,6-7H,5,8-9,11H2,1-3H3. The molecule has 0 saturated heterocycles. The van der Waals surface area contributed by atoms with Gasteiger partial charge in [0.15, 0.2) is 0 Å². The second-order valence-corrected chi connectivity index (χ2v) is 6.06.